The Balaban J connectivity index is 1.43. The third kappa shape index (κ3) is 5.03. The van der Waals surface area contributed by atoms with Crippen LogP contribution in [0.1, 0.15) is 75.3 Å². The lowest BCUT2D eigenvalue weighted by Gasteiger charge is -2.30. The molecule has 1 N–H and O–H groups in total. The average molecular weight is 463 g/mol. The summed E-state index contributed by atoms with van der Waals surface area (Å²) in [6, 6.07) is 9.63. The van der Waals surface area contributed by atoms with Gasteiger partial charge in [-0.2, -0.15) is 5.10 Å². The van der Waals surface area contributed by atoms with Gasteiger partial charge in [0.25, 0.3) is 5.91 Å². The molecule has 3 heterocycles. The highest BCUT2D eigenvalue weighted by Gasteiger charge is 2.25. The molecule has 0 radical (unpaired) electrons. The molecular weight excluding hydrogens is 428 g/mol. The van der Waals surface area contributed by atoms with Crippen LogP contribution in [0.3, 0.4) is 0 Å². The van der Waals surface area contributed by atoms with Crippen LogP contribution >= 0.6 is 0 Å². The van der Waals surface area contributed by atoms with Crippen molar-refractivity contribution in [3.05, 3.63) is 42.2 Å². The van der Waals surface area contributed by atoms with Crippen LogP contribution in [0.5, 0.6) is 11.6 Å². The van der Waals surface area contributed by atoms with E-state index in [1.54, 1.807) is 18.2 Å². The largest absolute Gasteiger partial charge is 0.491 e. The molecule has 2 aromatic heterocycles. The fourth-order valence-electron chi connectivity index (χ4n) is 5.06. The lowest BCUT2D eigenvalue weighted by Crippen LogP contribution is -2.21. The lowest BCUT2D eigenvalue weighted by atomic mass is 9.80. The summed E-state index contributed by atoms with van der Waals surface area (Å²) in [7, 11) is 0. The number of anilines is 1. The molecule has 1 fully saturated rings. The van der Waals surface area contributed by atoms with Crippen LogP contribution in [0.25, 0.3) is 10.9 Å². The number of aromatic nitrogens is 3. The van der Waals surface area contributed by atoms with Gasteiger partial charge in [-0.05, 0) is 68.9 Å². The number of nitrogens with one attached hydrogen (secondary N) is 1. The molecule has 1 saturated carbocycles. The van der Waals surface area contributed by atoms with Gasteiger partial charge in [-0.15, -0.1) is 0 Å². The molecule has 1 aliphatic carbocycles. The summed E-state index contributed by atoms with van der Waals surface area (Å²) in [5.74, 6) is 2.40. The predicted octanol–water partition coefficient (Wildman–Crippen LogP) is 6.01. The Morgan fingerprint density at radius 3 is 2.62 bits per heavy atom. The molecular formula is C27H34N4O3. The van der Waals surface area contributed by atoms with Crippen molar-refractivity contribution in [2.45, 2.75) is 64.8 Å². The monoisotopic (exact) mass is 462 g/mol. The van der Waals surface area contributed by atoms with Gasteiger partial charge in [0.15, 0.2) is 0 Å². The van der Waals surface area contributed by atoms with Gasteiger partial charge in [-0.3, -0.25) is 9.48 Å². The van der Waals surface area contributed by atoms with Crippen molar-refractivity contribution in [2.75, 3.05) is 18.5 Å². The highest BCUT2D eigenvalue weighted by atomic mass is 16.5. The zero-order chi connectivity index (χ0) is 23.5. The van der Waals surface area contributed by atoms with E-state index in [0.717, 1.165) is 54.8 Å². The summed E-state index contributed by atoms with van der Waals surface area (Å²) < 4.78 is 13.9. The smallest absolute Gasteiger partial charge is 0.274 e. The number of rotatable bonds is 2. The minimum Gasteiger partial charge on any atom is -0.491 e. The van der Waals surface area contributed by atoms with Crippen molar-refractivity contribution >= 4 is 22.5 Å². The number of carbonyl (C=O) groups is 1. The number of benzene rings is 1. The maximum atomic E-state index is 13.0. The lowest BCUT2D eigenvalue weighted by molar-refractivity contribution is 0.102. The molecule has 2 aliphatic rings. The molecule has 2 bridgehead atoms. The summed E-state index contributed by atoms with van der Waals surface area (Å²) >= 11 is 0. The Morgan fingerprint density at radius 2 is 1.82 bits per heavy atom. The predicted molar refractivity (Wildman–Crippen MR) is 133 cm³/mol. The number of fused-ring (bicyclic) bond motifs is 4. The second-order valence-electron chi connectivity index (χ2n) is 9.90. The molecule has 0 spiro atoms. The number of carbonyl (C=O) groups excluding carboxylic acids is 1. The minimum absolute atomic E-state index is 0.286. The normalized spacial score (nSPS) is 21.8. The minimum atomic E-state index is -0.286. The summed E-state index contributed by atoms with van der Waals surface area (Å²) in [4.78, 5) is 17.3. The van der Waals surface area contributed by atoms with E-state index in [0.29, 0.717) is 42.3 Å². The maximum absolute atomic E-state index is 13.0. The van der Waals surface area contributed by atoms with Gasteiger partial charge in [0.2, 0.25) is 5.88 Å². The van der Waals surface area contributed by atoms with E-state index in [1.807, 2.05) is 12.1 Å². The molecule has 0 unspecified atom stereocenters. The van der Waals surface area contributed by atoms with E-state index in [1.165, 1.54) is 12.8 Å². The number of amides is 1. The standard InChI is InChI=1S/C27H34N4O3/c1-18(2)19-9-11-21(12-10-19)31-17-20-15-24-25(16-23(20)30-31)33-13-4-3-5-14-34-26-8-6-7-22(28-26)27(32)29-24/h6-8,15-19,21H,3-5,9-14H2,1-2H3,(H,29,32)/t19-,21-. The fraction of sp³-hybridized carbons (Fsp3) is 0.519. The number of ether oxygens (including phenoxy) is 2. The van der Waals surface area contributed by atoms with E-state index in [-0.39, 0.29) is 5.91 Å². The first-order valence-corrected chi connectivity index (χ1v) is 12.6. The number of hydrogen-bond donors (Lipinski definition) is 1. The Morgan fingerprint density at radius 1 is 1.03 bits per heavy atom. The highest BCUT2D eigenvalue weighted by molar-refractivity contribution is 6.05. The first-order valence-electron chi connectivity index (χ1n) is 12.6. The topological polar surface area (TPSA) is 78.3 Å². The van der Waals surface area contributed by atoms with E-state index in [9.17, 15) is 4.79 Å². The van der Waals surface area contributed by atoms with Crippen LogP contribution in [-0.2, 0) is 0 Å². The van der Waals surface area contributed by atoms with E-state index >= 15 is 0 Å². The summed E-state index contributed by atoms with van der Waals surface area (Å²) in [5, 5.41) is 8.91. The van der Waals surface area contributed by atoms with Crippen LogP contribution < -0.4 is 14.8 Å². The maximum Gasteiger partial charge on any atom is 0.274 e. The second-order valence-corrected chi connectivity index (χ2v) is 9.90. The Labute approximate surface area is 200 Å². The molecule has 5 rings (SSSR count). The van der Waals surface area contributed by atoms with Crippen LogP contribution in [0.2, 0.25) is 0 Å². The molecule has 1 aromatic carbocycles. The third-order valence-corrected chi connectivity index (χ3v) is 7.18. The van der Waals surface area contributed by atoms with Gasteiger partial charge in [0, 0.05) is 23.7 Å². The van der Waals surface area contributed by atoms with Crippen LogP contribution in [-0.4, -0.2) is 33.9 Å². The zero-order valence-electron chi connectivity index (χ0n) is 20.1. The third-order valence-electron chi connectivity index (χ3n) is 7.18. The average Bonchev–Trinajstić information content (AvgIpc) is 3.26. The number of nitrogens with zero attached hydrogens (tertiary/aromatic N) is 3. The van der Waals surface area contributed by atoms with Gasteiger partial charge >= 0.3 is 0 Å². The molecule has 1 amide bonds. The molecule has 0 atom stereocenters. The van der Waals surface area contributed by atoms with Gasteiger partial charge in [0.05, 0.1) is 30.5 Å². The molecule has 1 aliphatic heterocycles. The van der Waals surface area contributed by atoms with Crippen LogP contribution in [0.15, 0.2) is 36.5 Å². The van der Waals surface area contributed by atoms with Crippen LogP contribution in [0.4, 0.5) is 5.69 Å². The van der Waals surface area contributed by atoms with Gasteiger partial charge in [0.1, 0.15) is 11.4 Å². The second kappa shape index (κ2) is 10.0. The zero-order valence-corrected chi connectivity index (χ0v) is 20.1. The highest BCUT2D eigenvalue weighted by Crippen LogP contribution is 2.37. The first-order chi connectivity index (χ1) is 16.6. The molecule has 34 heavy (non-hydrogen) atoms. The van der Waals surface area contributed by atoms with Crippen LogP contribution in [0, 0.1) is 11.8 Å². The van der Waals surface area contributed by atoms with Gasteiger partial charge in [-0.25, -0.2) is 4.98 Å². The van der Waals surface area contributed by atoms with Gasteiger partial charge in [-0.1, -0.05) is 19.9 Å². The Hall–Kier alpha value is -3.09. The van der Waals surface area contributed by atoms with Crippen molar-refractivity contribution in [1.82, 2.24) is 14.8 Å². The molecule has 180 valence electrons. The fourth-order valence-corrected chi connectivity index (χ4v) is 5.06. The number of pyridine rings is 1. The number of hydrogen-bond acceptors (Lipinski definition) is 5. The SMILES string of the molecule is CC(C)[C@H]1CC[C@H](n2cc3cc4c(cc3n2)OCCCCCOc2cccc(n2)C(=O)N4)CC1. The van der Waals surface area contributed by atoms with Crippen molar-refractivity contribution in [3.8, 4) is 11.6 Å². The van der Waals surface area contributed by atoms with Crippen molar-refractivity contribution in [1.29, 1.82) is 0 Å². The van der Waals surface area contributed by atoms with Crippen molar-refractivity contribution in [2.24, 2.45) is 11.8 Å². The molecule has 3 aromatic rings. The van der Waals surface area contributed by atoms with E-state index in [4.69, 9.17) is 14.6 Å². The molecule has 7 heteroatoms. The summed E-state index contributed by atoms with van der Waals surface area (Å²) in [5.41, 5.74) is 1.86. The quantitative estimate of drug-likeness (QED) is 0.504. The molecule has 7 nitrogen and oxygen atoms in total. The van der Waals surface area contributed by atoms with E-state index in [2.05, 4.69) is 35.0 Å². The van der Waals surface area contributed by atoms with Crippen molar-refractivity contribution in [3.63, 3.8) is 0 Å². The Kier molecular flexibility index (Phi) is 6.70. The Bertz CT molecular complexity index is 1150. The molecule has 0 saturated heterocycles. The summed E-state index contributed by atoms with van der Waals surface area (Å²) in [6.45, 7) is 5.81. The van der Waals surface area contributed by atoms with E-state index < -0.39 is 0 Å². The van der Waals surface area contributed by atoms with Gasteiger partial charge < -0.3 is 14.8 Å². The van der Waals surface area contributed by atoms with Crippen molar-refractivity contribution < 1.29 is 14.3 Å². The first kappa shape index (κ1) is 22.7. The summed E-state index contributed by atoms with van der Waals surface area (Å²) in [6.07, 6.45) is 9.76.